The Kier molecular flexibility index (Phi) is 7.75. The van der Waals surface area contributed by atoms with Gasteiger partial charge in [0.2, 0.25) is 5.91 Å². The van der Waals surface area contributed by atoms with Crippen molar-refractivity contribution >= 4 is 35.1 Å². The molecule has 4 rings (SSSR count). The largest absolute Gasteiger partial charge is 0.489 e. The van der Waals surface area contributed by atoms with E-state index in [1.165, 1.54) is 0 Å². The normalized spacial score (nSPS) is 15.0. The minimum Gasteiger partial charge on any atom is -0.489 e. The van der Waals surface area contributed by atoms with Crippen LogP contribution in [0.3, 0.4) is 0 Å². The SMILES string of the molecule is C[C@@H]1CN(C(=O)c2ccc(OCc3ccccc3)cc2Cl)c2ccccc2CN1C(=O)NCC(N)=O. The highest BCUT2D eigenvalue weighted by Crippen LogP contribution is 2.31. The van der Waals surface area contributed by atoms with Gasteiger partial charge in [0, 0.05) is 24.8 Å². The van der Waals surface area contributed by atoms with Gasteiger partial charge in [-0.3, -0.25) is 9.59 Å². The molecule has 0 fully saturated rings. The van der Waals surface area contributed by atoms with Crippen LogP contribution in [-0.2, 0) is 17.9 Å². The van der Waals surface area contributed by atoms with E-state index in [-0.39, 0.29) is 36.6 Å². The van der Waals surface area contributed by atoms with Crippen molar-refractivity contribution in [1.29, 1.82) is 0 Å². The number of hydrogen-bond donors (Lipinski definition) is 2. The Hall–Kier alpha value is -4.04. The van der Waals surface area contributed by atoms with Gasteiger partial charge in [0.15, 0.2) is 0 Å². The molecule has 3 aromatic carbocycles. The van der Waals surface area contributed by atoms with Crippen LogP contribution in [0.4, 0.5) is 10.5 Å². The first-order valence-corrected chi connectivity index (χ1v) is 11.9. The fourth-order valence-corrected chi connectivity index (χ4v) is 4.33. The zero-order valence-electron chi connectivity index (χ0n) is 19.8. The van der Waals surface area contributed by atoms with Crippen molar-refractivity contribution in [3.8, 4) is 5.75 Å². The van der Waals surface area contributed by atoms with Crippen molar-refractivity contribution in [2.75, 3.05) is 18.0 Å². The molecule has 0 aliphatic carbocycles. The Bertz CT molecular complexity index is 1270. The Balaban J connectivity index is 1.55. The number of nitrogens with zero attached hydrogens (tertiary/aromatic N) is 2. The monoisotopic (exact) mass is 506 g/mol. The van der Waals surface area contributed by atoms with E-state index < -0.39 is 11.9 Å². The third-order valence-electron chi connectivity index (χ3n) is 5.94. The molecule has 8 nitrogen and oxygen atoms in total. The van der Waals surface area contributed by atoms with Gasteiger partial charge in [-0.1, -0.05) is 60.1 Å². The van der Waals surface area contributed by atoms with Crippen LogP contribution in [0.15, 0.2) is 72.8 Å². The van der Waals surface area contributed by atoms with Gasteiger partial charge >= 0.3 is 6.03 Å². The molecule has 0 bridgehead atoms. The van der Waals surface area contributed by atoms with Gasteiger partial charge in [-0.15, -0.1) is 0 Å². The highest BCUT2D eigenvalue weighted by atomic mass is 35.5. The molecule has 4 amide bonds. The third kappa shape index (κ3) is 5.78. The number of carbonyl (C=O) groups is 3. The summed E-state index contributed by atoms with van der Waals surface area (Å²) in [7, 11) is 0. The lowest BCUT2D eigenvalue weighted by Gasteiger charge is -2.29. The molecule has 0 spiro atoms. The third-order valence-corrected chi connectivity index (χ3v) is 6.25. The topological polar surface area (TPSA) is 105 Å². The minimum absolute atomic E-state index is 0.239. The Labute approximate surface area is 214 Å². The summed E-state index contributed by atoms with van der Waals surface area (Å²) < 4.78 is 5.83. The summed E-state index contributed by atoms with van der Waals surface area (Å²) in [5.41, 5.74) is 8.01. The number of nitrogens with two attached hydrogens (primary N) is 1. The van der Waals surface area contributed by atoms with Crippen molar-refractivity contribution in [3.63, 3.8) is 0 Å². The summed E-state index contributed by atoms with van der Waals surface area (Å²) in [6, 6.07) is 21.4. The van der Waals surface area contributed by atoms with E-state index in [0.717, 1.165) is 11.1 Å². The van der Waals surface area contributed by atoms with E-state index in [9.17, 15) is 14.4 Å². The van der Waals surface area contributed by atoms with Gasteiger partial charge < -0.3 is 25.6 Å². The van der Waals surface area contributed by atoms with Gasteiger partial charge in [-0.2, -0.15) is 0 Å². The number of carbonyl (C=O) groups excluding carboxylic acids is 3. The van der Waals surface area contributed by atoms with Crippen molar-refractivity contribution in [3.05, 3.63) is 94.5 Å². The molecule has 1 aliphatic rings. The maximum absolute atomic E-state index is 13.7. The molecular weight excluding hydrogens is 480 g/mol. The van der Waals surface area contributed by atoms with Crippen LogP contribution in [-0.4, -0.2) is 41.9 Å². The Morgan fingerprint density at radius 2 is 1.78 bits per heavy atom. The molecule has 186 valence electrons. The summed E-state index contributed by atoms with van der Waals surface area (Å²) in [5, 5.41) is 2.80. The highest BCUT2D eigenvalue weighted by Gasteiger charge is 2.32. The van der Waals surface area contributed by atoms with Crippen LogP contribution < -0.4 is 20.7 Å². The van der Waals surface area contributed by atoms with E-state index in [0.29, 0.717) is 23.6 Å². The second-order valence-electron chi connectivity index (χ2n) is 8.56. The quantitative estimate of drug-likeness (QED) is 0.527. The van der Waals surface area contributed by atoms with Gasteiger partial charge in [-0.05, 0) is 42.3 Å². The van der Waals surface area contributed by atoms with E-state index in [2.05, 4.69) is 5.32 Å². The molecule has 3 aromatic rings. The number of para-hydroxylation sites is 1. The lowest BCUT2D eigenvalue weighted by Crippen LogP contribution is -2.49. The predicted octanol–water partition coefficient (Wildman–Crippen LogP) is 3.96. The fraction of sp³-hybridized carbons (Fsp3) is 0.222. The average molecular weight is 507 g/mol. The molecular formula is C27H27ClN4O4. The lowest BCUT2D eigenvalue weighted by molar-refractivity contribution is -0.117. The molecule has 0 saturated carbocycles. The maximum atomic E-state index is 13.7. The first-order valence-electron chi connectivity index (χ1n) is 11.5. The highest BCUT2D eigenvalue weighted by molar-refractivity contribution is 6.34. The average Bonchev–Trinajstić information content (AvgIpc) is 3.03. The number of amides is 4. The number of rotatable bonds is 6. The molecule has 0 unspecified atom stereocenters. The number of benzene rings is 3. The van der Waals surface area contributed by atoms with Crippen LogP contribution in [0.25, 0.3) is 0 Å². The molecule has 1 aliphatic heterocycles. The van der Waals surface area contributed by atoms with Gasteiger partial charge in [0.1, 0.15) is 12.4 Å². The van der Waals surface area contributed by atoms with Crippen LogP contribution in [0.5, 0.6) is 5.75 Å². The number of fused-ring (bicyclic) bond motifs is 1. The second kappa shape index (κ2) is 11.1. The molecule has 1 heterocycles. The zero-order chi connectivity index (χ0) is 25.7. The number of urea groups is 1. The van der Waals surface area contributed by atoms with Gasteiger partial charge in [-0.25, -0.2) is 4.79 Å². The summed E-state index contributed by atoms with van der Waals surface area (Å²) >= 11 is 6.53. The molecule has 36 heavy (non-hydrogen) atoms. The molecule has 0 aromatic heterocycles. The molecule has 3 N–H and O–H groups in total. The summed E-state index contributed by atoms with van der Waals surface area (Å²) in [6.45, 7) is 2.47. The fourth-order valence-electron chi connectivity index (χ4n) is 4.08. The summed E-state index contributed by atoms with van der Waals surface area (Å²) in [4.78, 5) is 40.8. The number of primary amides is 1. The predicted molar refractivity (Wildman–Crippen MR) is 138 cm³/mol. The number of ether oxygens (including phenoxy) is 1. The van der Waals surface area contributed by atoms with Crippen molar-refractivity contribution in [2.45, 2.75) is 26.1 Å². The van der Waals surface area contributed by atoms with Crippen molar-refractivity contribution in [2.24, 2.45) is 5.73 Å². The van der Waals surface area contributed by atoms with E-state index in [1.54, 1.807) is 28.0 Å². The minimum atomic E-state index is -0.631. The van der Waals surface area contributed by atoms with Gasteiger partial charge in [0.25, 0.3) is 5.91 Å². The van der Waals surface area contributed by atoms with E-state index in [1.807, 2.05) is 61.5 Å². The molecule has 9 heteroatoms. The Morgan fingerprint density at radius 3 is 2.50 bits per heavy atom. The first kappa shape index (κ1) is 25.1. The number of anilines is 1. The Morgan fingerprint density at radius 1 is 1.06 bits per heavy atom. The van der Waals surface area contributed by atoms with Crippen LogP contribution in [0.2, 0.25) is 5.02 Å². The van der Waals surface area contributed by atoms with E-state index >= 15 is 0 Å². The van der Waals surface area contributed by atoms with Crippen molar-refractivity contribution in [1.82, 2.24) is 10.2 Å². The second-order valence-corrected chi connectivity index (χ2v) is 8.97. The maximum Gasteiger partial charge on any atom is 0.318 e. The smallest absolute Gasteiger partial charge is 0.318 e. The lowest BCUT2D eigenvalue weighted by atomic mass is 10.1. The van der Waals surface area contributed by atoms with Crippen molar-refractivity contribution < 1.29 is 19.1 Å². The first-order chi connectivity index (χ1) is 17.3. The molecule has 0 saturated heterocycles. The summed E-state index contributed by atoms with van der Waals surface area (Å²) in [6.07, 6.45) is 0. The standard InChI is InChI=1S/C27H27ClN4O4/c1-18-15-32(24-10-6-5-9-20(24)16-31(18)27(35)30-14-25(29)33)26(34)22-12-11-21(13-23(22)28)36-17-19-7-3-2-4-8-19/h2-13,18H,14-17H2,1H3,(H2,29,33)(H,30,35)/t18-/m1/s1. The van der Waals surface area contributed by atoms with Crippen LogP contribution in [0, 0.1) is 0 Å². The molecule has 1 atom stereocenters. The molecule has 0 radical (unpaired) electrons. The number of halogens is 1. The summed E-state index contributed by atoms with van der Waals surface area (Å²) in [5.74, 6) is -0.357. The van der Waals surface area contributed by atoms with Gasteiger partial charge in [0.05, 0.1) is 17.1 Å². The van der Waals surface area contributed by atoms with Crippen LogP contribution >= 0.6 is 11.6 Å². The zero-order valence-corrected chi connectivity index (χ0v) is 20.6. The van der Waals surface area contributed by atoms with Crippen LogP contribution in [0.1, 0.15) is 28.4 Å². The van der Waals surface area contributed by atoms with E-state index in [4.69, 9.17) is 22.1 Å². The number of hydrogen-bond acceptors (Lipinski definition) is 4. The number of nitrogens with one attached hydrogen (secondary N) is 1.